The largest absolute Gasteiger partial charge is 0.414 e. The number of carbonyl (C=O) groups is 2. The second-order valence-electron chi connectivity index (χ2n) is 4.57. The first kappa shape index (κ1) is 15.0. The molecule has 104 valence electrons. The number of hydrogen-bond donors (Lipinski definition) is 1. The minimum atomic E-state index is -0.440. The Kier molecular flexibility index (Phi) is 5.32. The molecule has 0 spiro atoms. The van der Waals surface area contributed by atoms with Crippen molar-refractivity contribution >= 4 is 17.7 Å². The molecular weight excluding hydrogens is 246 g/mol. The van der Waals surface area contributed by atoms with Crippen molar-refractivity contribution in [3.05, 3.63) is 24.3 Å². The van der Waals surface area contributed by atoms with Crippen molar-refractivity contribution in [2.75, 3.05) is 40.1 Å². The Morgan fingerprint density at radius 3 is 2.16 bits per heavy atom. The summed E-state index contributed by atoms with van der Waals surface area (Å²) in [6.45, 7) is 0.317. The van der Waals surface area contributed by atoms with Crippen LogP contribution in [0.3, 0.4) is 0 Å². The smallest absolute Gasteiger partial charge is 0.410 e. The number of nitrogens with zero attached hydrogens (tertiary/aromatic N) is 2. The lowest BCUT2D eigenvalue weighted by molar-refractivity contribution is -0.116. The van der Waals surface area contributed by atoms with Crippen molar-refractivity contribution in [1.82, 2.24) is 9.80 Å². The monoisotopic (exact) mass is 265 g/mol. The Morgan fingerprint density at radius 2 is 1.68 bits per heavy atom. The van der Waals surface area contributed by atoms with Crippen LogP contribution >= 0.6 is 0 Å². The van der Waals surface area contributed by atoms with Gasteiger partial charge in [0.15, 0.2) is 0 Å². The van der Waals surface area contributed by atoms with E-state index in [-0.39, 0.29) is 5.91 Å². The molecule has 0 radical (unpaired) electrons. The van der Waals surface area contributed by atoms with Crippen molar-refractivity contribution < 1.29 is 14.3 Å². The van der Waals surface area contributed by atoms with E-state index in [1.54, 1.807) is 43.3 Å². The molecular formula is C13H19N3O3. The van der Waals surface area contributed by atoms with Crippen molar-refractivity contribution in [1.29, 1.82) is 0 Å². The fourth-order valence-electron chi connectivity index (χ4n) is 1.29. The molecule has 0 fully saturated rings. The van der Waals surface area contributed by atoms with Crippen LogP contribution in [0.25, 0.3) is 0 Å². The Morgan fingerprint density at radius 1 is 1.11 bits per heavy atom. The molecule has 0 aromatic heterocycles. The highest BCUT2D eigenvalue weighted by atomic mass is 16.6. The van der Waals surface area contributed by atoms with Crippen molar-refractivity contribution in [3.63, 3.8) is 0 Å². The number of benzene rings is 1. The quantitative estimate of drug-likeness (QED) is 0.890. The minimum absolute atomic E-state index is 0.0944. The van der Waals surface area contributed by atoms with E-state index in [2.05, 4.69) is 5.32 Å². The van der Waals surface area contributed by atoms with Crippen LogP contribution in [0.4, 0.5) is 10.5 Å². The lowest BCUT2D eigenvalue weighted by Crippen LogP contribution is -2.27. The van der Waals surface area contributed by atoms with Gasteiger partial charge in [-0.05, 0) is 38.4 Å². The molecule has 0 bridgehead atoms. The summed E-state index contributed by atoms with van der Waals surface area (Å²) >= 11 is 0. The Labute approximate surface area is 112 Å². The van der Waals surface area contributed by atoms with Crippen LogP contribution in [-0.4, -0.2) is 56.5 Å². The average Bonchev–Trinajstić information content (AvgIpc) is 2.30. The highest BCUT2D eigenvalue weighted by Gasteiger charge is 2.07. The summed E-state index contributed by atoms with van der Waals surface area (Å²) in [6.07, 6.45) is -0.440. The van der Waals surface area contributed by atoms with Crippen LogP contribution in [0.5, 0.6) is 5.75 Å². The van der Waals surface area contributed by atoms with Crippen LogP contribution in [0.1, 0.15) is 0 Å². The molecule has 0 aliphatic carbocycles. The van der Waals surface area contributed by atoms with Crippen molar-refractivity contribution in [3.8, 4) is 5.75 Å². The number of rotatable bonds is 4. The molecule has 6 heteroatoms. The Balaban J connectivity index is 2.57. The van der Waals surface area contributed by atoms with Gasteiger partial charge in [-0.3, -0.25) is 4.79 Å². The molecule has 0 saturated heterocycles. The number of ether oxygens (including phenoxy) is 1. The van der Waals surface area contributed by atoms with E-state index >= 15 is 0 Å². The van der Waals surface area contributed by atoms with E-state index in [1.165, 1.54) is 4.90 Å². The van der Waals surface area contributed by atoms with E-state index < -0.39 is 6.09 Å². The molecule has 0 aliphatic heterocycles. The Hall–Kier alpha value is -2.08. The lowest BCUT2D eigenvalue weighted by atomic mass is 10.3. The standard InChI is InChI=1S/C13H19N3O3/c1-15(2)9-12(17)14-10-5-7-11(8-6-10)19-13(18)16(3)4/h5-8H,9H2,1-4H3,(H,14,17). The zero-order valence-electron chi connectivity index (χ0n) is 11.6. The molecule has 0 atom stereocenters. The maximum Gasteiger partial charge on any atom is 0.414 e. The van der Waals surface area contributed by atoms with Crippen molar-refractivity contribution in [2.45, 2.75) is 0 Å². The second kappa shape index (κ2) is 6.75. The molecule has 0 unspecified atom stereocenters. The molecule has 0 heterocycles. The summed E-state index contributed by atoms with van der Waals surface area (Å²) in [5.41, 5.74) is 0.663. The summed E-state index contributed by atoms with van der Waals surface area (Å²) in [5.74, 6) is 0.340. The van der Waals surface area contributed by atoms with Gasteiger partial charge in [0, 0.05) is 19.8 Å². The van der Waals surface area contributed by atoms with Gasteiger partial charge in [0.2, 0.25) is 5.91 Å². The van der Waals surface area contributed by atoms with Gasteiger partial charge < -0.3 is 19.9 Å². The maximum atomic E-state index is 11.5. The number of carbonyl (C=O) groups excluding carboxylic acids is 2. The number of hydrogen-bond acceptors (Lipinski definition) is 4. The number of anilines is 1. The normalized spacial score (nSPS) is 10.2. The number of likely N-dealkylation sites (N-methyl/N-ethyl adjacent to an activating group) is 1. The molecule has 19 heavy (non-hydrogen) atoms. The molecule has 1 aromatic rings. The fraction of sp³-hybridized carbons (Fsp3) is 0.385. The maximum absolute atomic E-state index is 11.5. The van der Waals surface area contributed by atoms with Gasteiger partial charge in [0.1, 0.15) is 5.75 Å². The molecule has 0 saturated carbocycles. The third-order valence-electron chi connectivity index (χ3n) is 2.17. The highest BCUT2D eigenvalue weighted by Crippen LogP contribution is 2.16. The van der Waals surface area contributed by atoms with Crippen LogP contribution in [0, 0.1) is 0 Å². The van der Waals surface area contributed by atoms with Crippen LogP contribution < -0.4 is 10.1 Å². The van der Waals surface area contributed by atoms with E-state index in [0.717, 1.165) is 0 Å². The SMILES string of the molecule is CN(C)CC(=O)Nc1ccc(OC(=O)N(C)C)cc1. The van der Waals surface area contributed by atoms with Gasteiger partial charge in [-0.1, -0.05) is 0 Å². The molecule has 6 nitrogen and oxygen atoms in total. The minimum Gasteiger partial charge on any atom is -0.410 e. The first-order valence-electron chi connectivity index (χ1n) is 5.82. The van der Waals surface area contributed by atoms with Crippen molar-refractivity contribution in [2.24, 2.45) is 0 Å². The van der Waals surface area contributed by atoms with Gasteiger partial charge in [0.05, 0.1) is 6.54 Å². The summed E-state index contributed by atoms with van der Waals surface area (Å²) in [6, 6.07) is 6.64. The predicted octanol–water partition coefficient (Wildman–Crippen LogP) is 1.25. The van der Waals surface area contributed by atoms with E-state index in [1.807, 2.05) is 14.1 Å². The van der Waals surface area contributed by atoms with Crippen LogP contribution in [0.2, 0.25) is 0 Å². The summed E-state index contributed by atoms with van der Waals surface area (Å²) in [5, 5.41) is 2.75. The molecule has 2 amide bonds. The first-order chi connectivity index (χ1) is 8.88. The lowest BCUT2D eigenvalue weighted by Gasteiger charge is -2.12. The first-order valence-corrected chi connectivity index (χ1v) is 5.82. The van der Waals surface area contributed by atoms with Gasteiger partial charge in [-0.2, -0.15) is 0 Å². The van der Waals surface area contributed by atoms with Gasteiger partial charge in [-0.15, -0.1) is 0 Å². The van der Waals surface area contributed by atoms with E-state index in [9.17, 15) is 9.59 Å². The zero-order valence-corrected chi connectivity index (χ0v) is 11.6. The van der Waals surface area contributed by atoms with Gasteiger partial charge >= 0.3 is 6.09 Å². The molecule has 1 aromatic carbocycles. The van der Waals surface area contributed by atoms with Crippen LogP contribution in [-0.2, 0) is 4.79 Å². The van der Waals surface area contributed by atoms with Crippen LogP contribution in [0.15, 0.2) is 24.3 Å². The average molecular weight is 265 g/mol. The zero-order chi connectivity index (χ0) is 14.4. The molecule has 1 N–H and O–H groups in total. The predicted molar refractivity (Wildman–Crippen MR) is 73.3 cm³/mol. The number of nitrogens with one attached hydrogen (secondary N) is 1. The summed E-state index contributed by atoms with van der Waals surface area (Å²) in [7, 11) is 6.86. The number of amides is 2. The second-order valence-corrected chi connectivity index (χ2v) is 4.57. The van der Waals surface area contributed by atoms with E-state index in [0.29, 0.717) is 18.0 Å². The highest BCUT2D eigenvalue weighted by molar-refractivity contribution is 5.92. The van der Waals surface area contributed by atoms with Gasteiger partial charge in [0.25, 0.3) is 0 Å². The third kappa shape index (κ3) is 5.39. The summed E-state index contributed by atoms with van der Waals surface area (Å²) < 4.78 is 5.07. The fourth-order valence-corrected chi connectivity index (χ4v) is 1.29. The molecule has 0 aliphatic rings. The van der Waals surface area contributed by atoms with E-state index in [4.69, 9.17) is 4.74 Å². The Bertz CT molecular complexity index is 441. The molecule has 1 rings (SSSR count). The third-order valence-corrected chi connectivity index (χ3v) is 2.17. The van der Waals surface area contributed by atoms with Gasteiger partial charge in [-0.25, -0.2) is 4.79 Å². The topological polar surface area (TPSA) is 61.9 Å². The summed E-state index contributed by atoms with van der Waals surface area (Å²) in [4.78, 5) is 26.0.